The summed E-state index contributed by atoms with van der Waals surface area (Å²) in [6.45, 7) is 4.93. The molecule has 3 N–H and O–H groups in total. The second kappa shape index (κ2) is 12.2. The van der Waals surface area contributed by atoms with Gasteiger partial charge in [-0.05, 0) is 79.9 Å². The molecule has 0 aliphatic carbocycles. The Hall–Kier alpha value is -4.43. The smallest absolute Gasteiger partial charge is 0.251 e. The first-order chi connectivity index (χ1) is 20.4. The number of pyridine rings is 1. The molecule has 42 heavy (non-hydrogen) atoms. The van der Waals surface area contributed by atoms with Gasteiger partial charge in [0.05, 0.1) is 11.4 Å². The number of amides is 1. The molecule has 0 saturated carbocycles. The maximum Gasteiger partial charge on any atom is 0.251 e. The fraction of sp³-hybridized carbons (Fsp3) is 0.265. The zero-order valence-electron chi connectivity index (χ0n) is 23.7. The highest BCUT2D eigenvalue weighted by atomic mass is 32.1. The van der Waals surface area contributed by atoms with Gasteiger partial charge in [0.1, 0.15) is 0 Å². The van der Waals surface area contributed by atoms with Crippen LogP contribution in [0.3, 0.4) is 0 Å². The van der Waals surface area contributed by atoms with Crippen molar-refractivity contribution in [3.63, 3.8) is 0 Å². The van der Waals surface area contributed by atoms with E-state index >= 15 is 0 Å². The summed E-state index contributed by atoms with van der Waals surface area (Å²) in [4.78, 5) is 28.1. The van der Waals surface area contributed by atoms with Gasteiger partial charge in [-0.25, -0.2) is 0 Å². The number of piperidine rings is 1. The Morgan fingerprint density at radius 2 is 1.71 bits per heavy atom. The number of fused-ring (bicyclic) bond motifs is 4. The fourth-order valence-electron chi connectivity index (χ4n) is 6.13. The minimum Gasteiger partial charge on any atom is -0.369 e. The molecule has 1 aromatic heterocycles. The Morgan fingerprint density at radius 1 is 0.905 bits per heavy atom. The van der Waals surface area contributed by atoms with Crippen LogP contribution in [0, 0.1) is 12.8 Å². The summed E-state index contributed by atoms with van der Waals surface area (Å²) in [6, 6.07) is 29.6. The van der Waals surface area contributed by atoms with E-state index in [1.54, 1.807) is 6.07 Å². The number of aryl methyl sites for hydroxylation is 1. The summed E-state index contributed by atoms with van der Waals surface area (Å²) < 4.78 is 1.94. The molecule has 8 heteroatoms. The molecule has 1 amide bonds. The number of carbonyl (C=O) groups excluding carboxylic acids is 1. The molecule has 0 unspecified atom stereocenters. The number of aromatic nitrogens is 1. The van der Waals surface area contributed by atoms with Crippen LogP contribution >= 0.6 is 12.2 Å². The van der Waals surface area contributed by atoms with Crippen LogP contribution in [0.15, 0.2) is 95.8 Å². The number of anilines is 3. The molecule has 0 radical (unpaired) electrons. The van der Waals surface area contributed by atoms with Crippen molar-refractivity contribution in [3.05, 3.63) is 124 Å². The summed E-state index contributed by atoms with van der Waals surface area (Å²) in [5.41, 5.74) is 6.77. The Kier molecular flexibility index (Phi) is 8.06. The van der Waals surface area contributed by atoms with Crippen molar-refractivity contribution in [2.75, 3.05) is 35.2 Å². The number of benzene rings is 3. The molecule has 1 fully saturated rings. The van der Waals surface area contributed by atoms with Gasteiger partial charge in [-0.1, -0.05) is 54.1 Å². The van der Waals surface area contributed by atoms with Crippen molar-refractivity contribution >= 4 is 40.3 Å². The lowest BCUT2D eigenvalue weighted by molar-refractivity contribution is 0.0954. The van der Waals surface area contributed by atoms with E-state index < -0.39 is 0 Å². The van der Waals surface area contributed by atoms with Crippen LogP contribution in [0.1, 0.15) is 39.5 Å². The lowest BCUT2D eigenvalue weighted by atomic mass is 9.83. The largest absolute Gasteiger partial charge is 0.369 e. The number of rotatable bonds is 7. The van der Waals surface area contributed by atoms with E-state index in [9.17, 15) is 9.59 Å². The highest BCUT2D eigenvalue weighted by molar-refractivity contribution is 7.80. The summed E-state index contributed by atoms with van der Waals surface area (Å²) in [6.07, 6.45) is 1.83. The summed E-state index contributed by atoms with van der Waals surface area (Å²) in [7, 11) is 0. The van der Waals surface area contributed by atoms with E-state index in [1.165, 1.54) is 11.1 Å². The van der Waals surface area contributed by atoms with Crippen LogP contribution in [-0.2, 0) is 13.0 Å². The van der Waals surface area contributed by atoms with Gasteiger partial charge in [0.15, 0.2) is 5.11 Å². The van der Waals surface area contributed by atoms with E-state index in [1.807, 2.05) is 78.2 Å². The Morgan fingerprint density at radius 3 is 2.52 bits per heavy atom. The number of nitrogens with zero attached hydrogens (tertiary/aromatic N) is 2. The van der Waals surface area contributed by atoms with Crippen LogP contribution in [-0.4, -0.2) is 35.2 Å². The van der Waals surface area contributed by atoms with Crippen LogP contribution in [0.25, 0.3) is 0 Å². The first-order valence-electron chi connectivity index (χ1n) is 14.5. The second-order valence-corrected chi connectivity index (χ2v) is 11.7. The normalized spacial score (nSPS) is 17.2. The van der Waals surface area contributed by atoms with Gasteiger partial charge in [-0.2, -0.15) is 0 Å². The minimum absolute atomic E-state index is 0.0770. The lowest BCUT2D eigenvalue weighted by Crippen LogP contribution is -2.47. The van der Waals surface area contributed by atoms with E-state index in [2.05, 4.69) is 39.0 Å². The van der Waals surface area contributed by atoms with Gasteiger partial charge in [-0.15, -0.1) is 0 Å². The summed E-state index contributed by atoms with van der Waals surface area (Å²) in [5, 5.41) is 10.2. The zero-order valence-corrected chi connectivity index (χ0v) is 24.5. The fourth-order valence-corrected chi connectivity index (χ4v) is 6.36. The maximum absolute atomic E-state index is 13.2. The maximum atomic E-state index is 13.2. The van der Waals surface area contributed by atoms with Crippen molar-refractivity contribution in [1.29, 1.82) is 0 Å². The second-order valence-electron chi connectivity index (χ2n) is 11.3. The predicted molar refractivity (Wildman–Crippen MR) is 174 cm³/mol. The van der Waals surface area contributed by atoms with Crippen LogP contribution in [0.2, 0.25) is 0 Å². The molecule has 214 valence electrons. The van der Waals surface area contributed by atoms with Crippen molar-refractivity contribution in [2.45, 2.75) is 32.2 Å². The number of thiocarbonyl (C=S) groups is 1. The highest BCUT2D eigenvalue weighted by Crippen LogP contribution is 2.39. The Bertz CT molecular complexity index is 1650. The molecule has 7 nitrogen and oxygen atoms in total. The van der Waals surface area contributed by atoms with Gasteiger partial charge in [-0.3, -0.25) is 9.59 Å². The number of nitrogens with one attached hydrogen (secondary N) is 3. The Balaban J connectivity index is 1.24. The zero-order chi connectivity index (χ0) is 29.1. The first kappa shape index (κ1) is 27.7. The lowest BCUT2D eigenvalue weighted by Gasteiger charge is -2.44. The molecular formula is C34H35N5O2S. The molecule has 4 aromatic rings. The highest BCUT2D eigenvalue weighted by Gasteiger charge is 2.35. The number of hydrogen-bond donors (Lipinski definition) is 3. The van der Waals surface area contributed by atoms with Crippen molar-refractivity contribution in [2.24, 2.45) is 5.92 Å². The molecule has 2 bridgehead atoms. The minimum atomic E-state index is -0.123. The number of carbonyl (C=O) groups is 1. The molecule has 2 aliphatic rings. The van der Waals surface area contributed by atoms with Gasteiger partial charge < -0.3 is 25.4 Å². The molecule has 3 aromatic carbocycles. The Labute approximate surface area is 251 Å². The molecule has 2 atom stereocenters. The van der Waals surface area contributed by atoms with Crippen molar-refractivity contribution < 1.29 is 4.79 Å². The SMILES string of the molecule is Cc1ccc(NC(=S)Nc2cc(C(=O)NCCc3ccccc3)ccc2N2C[C@H]3C[C@@H](C2)c2cccc(=O)n2C3)cc1. The molecule has 1 saturated heterocycles. The molecule has 6 rings (SSSR count). The van der Waals surface area contributed by atoms with E-state index in [0.29, 0.717) is 23.1 Å². The van der Waals surface area contributed by atoms with Gasteiger partial charge >= 0.3 is 0 Å². The summed E-state index contributed by atoms with van der Waals surface area (Å²) in [5.74, 6) is 0.502. The third-order valence-corrected chi connectivity index (χ3v) is 8.38. The van der Waals surface area contributed by atoms with Gasteiger partial charge in [0.25, 0.3) is 11.5 Å². The van der Waals surface area contributed by atoms with Gasteiger partial charge in [0, 0.05) is 55.1 Å². The average Bonchev–Trinajstić information content (AvgIpc) is 2.99. The topological polar surface area (TPSA) is 78.4 Å². The average molecular weight is 578 g/mol. The van der Waals surface area contributed by atoms with E-state index in [0.717, 1.165) is 55.2 Å². The molecule has 0 spiro atoms. The quantitative estimate of drug-likeness (QED) is 0.250. The van der Waals surface area contributed by atoms with Crippen LogP contribution in [0.4, 0.5) is 17.1 Å². The van der Waals surface area contributed by atoms with Crippen molar-refractivity contribution in [1.82, 2.24) is 9.88 Å². The van der Waals surface area contributed by atoms with Crippen LogP contribution in [0.5, 0.6) is 0 Å². The molecular weight excluding hydrogens is 542 g/mol. The van der Waals surface area contributed by atoms with Gasteiger partial charge in [0.2, 0.25) is 0 Å². The third kappa shape index (κ3) is 6.24. The van der Waals surface area contributed by atoms with E-state index in [-0.39, 0.29) is 17.4 Å². The third-order valence-electron chi connectivity index (χ3n) is 8.18. The van der Waals surface area contributed by atoms with Crippen LogP contribution < -0.4 is 26.4 Å². The monoisotopic (exact) mass is 577 g/mol. The molecule has 3 heterocycles. The first-order valence-corrected chi connectivity index (χ1v) is 14.9. The summed E-state index contributed by atoms with van der Waals surface area (Å²) >= 11 is 5.71. The van der Waals surface area contributed by atoms with Crippen molar-refractivity contribution in [3.8, 4) is 0 Å². The number of hydrogen-bond acceptors (Lipinski definition) is 4. The van der Waals surface area contributed by atoms with E-state index in [4.69, 9.17) is 12.2 Å². The predicted octanol–water partition coefficient (Wildman–Crippen LogP) is 5.56. The standard InChI is InChI=1S/C34H35N5O2S/c1-23-10-13-28(14-11-23)36-34(42)37-29-19-26(33(41)35-17-16-24-6-3-2-4-7-24)12-15-31(29)38-20-25-18-27(22-38)30-8-5-9-32(40)39(30)21-25/h2-15,19,25,27H,16-18,20-22H2,1H3,(H,35,41)(H2,36,37,42)/t25-,27+/m1/s1. The molecule has 2 aliphatic heterocycles.